The van der Waals surface area contributed by atoms with Crippen molar-refractivity contribution in [1.29, 1.82) is 0 Å². The summed E-state index contributed by atoms with van der Waals surface area (Å²) in [5, 5.41) is 3.56. The highest BCUT2D eigenvalue weighted by Gasteiger charge is 2.24. The second kappa shape index (κ2) is 9.05. The molecule has 29 heavy (non-hydrogen) atoms. The van der Waals surface area contributed by atoms with Crippen LogP contribution in [0.1, 0.15) is 40.0 Å². The third kappa shape index (κ3) is 4.92. The van der Waals surface area contributed by atoms with Crippen LogP contribution in [0.3, 0.4) is 0 Å². The van der Waals surface area contributed by atoms with Crippen LogP contribution < -0.4 is 5.32 Å². The van der Waals surface area contributed by atoms with E-state index < -0.39 is 0 Å². The molecule has 0 saturated heterocycles. The van der Waals surface area contributed by atoms with Crippen LogP contribution in [-0.4, -0.2) is 34.8 Å². The number of anilines is 1. The van der Waals surface area contributed by atoms with E-state index in [1.807, 2.05) is 57.2 Å². The number of aromatic nitrogens is 1. The maximum Gasteiger partial charge on any atom is 0.266 e. The third-order valence-electron chi connectivity index (χ3n) is 4.48. The van der Waals surface area contributed by atoms with E-state index in [4.69, 9.17) is 4.42 Å². The zero-order chi connectivity index (χ0) is 21.0. The monoisotopic (exact) mass is 411 g/mol. The molecular formula is C22H25N3O3S. The van der Waals surface area contributed by atoms with Crippen molar-refractivity contribution >= 4 is 28.8 Å². The van der Waals surface area contributed by atoms with Crippen LogP contribution in [0.4, 0.5) is 5.69 Å². The molecule has 3 rings (SSSR count). The van der Waals surface area contributed by atoms with Crippen LogP contribution in [0.5, 0.6) is 0 Å². The van der Waals surface area contributed by atoms with Gasteiger partial charge in [0.15, 0.2) is 10.8 Å². The normalized spacial score (nSPS) is 10.8. The van der Waals surface area contributed by atoms with Crippen molar-refractivity contribution in [2.75, 3.05) is 18.4 Å². The highest BCUT2D eigenvalue weighted by Crippen LogP contribution is 2.30. The number of hydrogen-bond acceptors (Lipinski definition) is 5. The summed E-state index contributed by atoms with van der Waals surface area (Å²) in [6.07, 6.45) is 0.755. The number of carbonyl (C=O) groups excluding carboxylic acids is 2. The molecule has 0 fully saturated rings. The molecule has 7 heteroatoms. The van der Waals surface area contributed by atoms with Crippen LogP contribution in [0, 0.1) is 20.8 Å². The molecule has 1 N–H and O–H groups in total. The van der Waals surface area contributed by atoms with E-state index >= 15 is 0 Å². The Labute approximate surface area is 174 Å². The Morgan fingerprint density at radius 2 is 1.90 bits per heavy atom. The van der Waals surface area contributed by atoms with Gasteiger partial charge in [-0.2, -0.15) is 0 Å². The Kier molecular flexibility index (Phi) is 6.49. The van der Waals surface area contributed by atoms with Gasteiger partial charge in [0.1, 0.15) is 17.2 Å². The molecule has 0 aliphatic carbocycles. The molecule has 2 aromatic heterocycles. The summed E-state index contributed by atoms with van der Waals surface area (Å²) >= 11 is 1.29. The fourth-order valence-corrected chi connectivity index (χ4v) is 3.99. The van der Waals surface area contributed by atoms with Crippen LogP contribution >= 0.6 is 11.3 Å². The second-order valence-corrected chi connectivity index (χ2v) is 7.93. The number of carbonyl (C=O) groups is 2. The van der Waals surface area contributed by atoms with Crippen molar-refractivity contribution in [3.8, 4) is 10.8 Å². The van der Waals surface area contributed by atoms with Crippen molar-refractivity contribution < 1.29 is 14.0 Å². The lowest BCUT2D eigenvalue weighted by Gasteiger charge is -2.21. The third-order valence-corrected chi connectivity index (χ3v) is 5.64. The Balaban J connectivity index is 1.76. The van der Waals surface area contributed by atoms with Gasteiger partial charge < -0.3 is 14.6 Å². The molecule has 152 valence electrons. The van der Waals surface area contributed by atoms with Gasteiger partial charge in [-0.15, -0.1) is 11.3 Å². The van der Waals surface area contributed by atoms with Crippen LogP contribution in [0.2, 0.25) is 0 Å². The van der Waals surface area contributed by atoms with Gasteiger partial charge in [0, 0.05) is 12.2 Å². The highest BCUT2D eigenvalue weighted by molar-refractivity contribution is 7.17. The van der Waals surface area contributed by atoms with E-state index in [9.17, 15) is 9.59 Å². The summed E-state index contributed by atoms with van der Waals surface area (Å²) in [4.78, 5) is 32.3. The summed E-state index contributed by atoms with van der Waals surface area (Å²) in [7, 11) is 0. The summed E-state index contributed by atoms with van der Waals surface area (Å²) in [6.45, 7) is 8.08. The summed E-state index contributed by atoms with van der Waals surface area (Å²) in [6, 6.07) is 11.3. The molecule has 0 atom stereocenters. The van der Waals surface area contributed by atoms with Crippen molar-refractivity contribution in [3.63, 3.8) is 0 Å². The van der Waals surface area contributed by atoms with Gasteiger partial charge in [0.05, 0.1) is 5.69 Å². The first-order valence-electron chi connectivity index (χ1n) is 9.58. The van der Waals surface area contributed by atoms with Gasteiger partial charge >= 0.3 is 0 Å². The number of aryl methyl sites for hydroxylation is 3. The lowest BCUT2D eigenvalue weighted by molar-refractivity contribution is -0.116. The van der Waals surface area contributed by atoms with Gasteiger partial charge in [0.25, 0.3) is 5.91 Å². The standard InChI is InChI=1S/C22H25N3O3S/c1-5-12-25(13-19(26)24-17-9-7-6-8-14(17)2)22(27)20-16(4)23-21(29-20)18-11-10-15(3)28-18/h6-11H,5,12-13H2,1-4H3,(H,24,26). The van der Waals surface area contributed by atoms with Gasteiger partial charge in [-0.25, -0.2) is 4.98 Å². The minimum absolute atomic E-state index is 0.00641. The first-order valence-corrected chi connectivity index (χ1v) is 10.4. The molecule has 3 aromatic rings. The van der Waals surface area contributed by atoms with Gasteiger partial charge in [-0.05, 0) is 51.0 Å². The van der Waals surface area contributed by atoms with E-state index in [-0.39, 0.29) is 18.4 Å². The maximum atomic E-state index is 13.1. The predicted octanol–water partition coefficient (Wildman–Crippen LogP) is 4.82. The number of nitrogens with zero attached hydrogens (tertiary/aromatic N) is 2. The zero-order valence-electron chi connectivity index (χ0n) is 17.1. The Morgan fingerprint density at radius 1 is 1.14 bits per heavy atom. The number of rotatable bonds is 7. The smallest absolute Gasteiger partial charge is 0.266 e. The lowest BCUT2D eigenvalue weighted by atomic mass is 10.2. The molecule has 0 aliphatic heterocycles. The molecule has 0 spiro atoms. The molecule has 2 amide bonds. The number of benzene rings is 1. The van der Waals surface area contributed by atoms with Crippen molar-refractivity contribution in [1.82, 2.24) is 9.88 Å². The van der Waals surface area contributed by atoms with Crippen molar-refractivity contribution in [3.05, 3.63) is 58.3 Å². The lowest BCUT2D eigenvalue weighted by Crippen LogP contribution is -2.38. The van der Waals surface area contributed by atoms with Crippen molar-refractivity contribution in [2.24, 2.45) is 0 Å². The average Bonchev–Trinajstić information content (AvgIpc) is 3.28. The molecule has 2 heterocycles. The largest absolute Gasteiger partial charge is 0.459 e. The van der Waals surface area contributed by atoms with Crippen molar-refractivity contribution in [2.45, 2.75) is 34.1 Å². The fourth-order valence-electron chi connectivity index (χ4n) is 2.99. The van der Waals surface area contributed by atoms with Gasteiger partial charge in [0.2, 0.25) is 5.91 Å². The van der Waals surface area contributed by atoms with Gasteiger partial charge in [-0.3, -0.25) is 9.59 Å². The van der Waals surface area contributed by atoms with Gasteiger partial charge in [-0.1, -0.05) is 25.1 Å². The van der Waals surface area contributed by atoms with E-state index in [0.29, 0.717) is 27.9 Å². The fraction of sp³-hybridized carbons (Fsp3) is 0.318. The summed E-state index contributed by atoms with van der Waals surface area (Å²) < 4.78 is 5.63. The van der Waals surface area contributed by atoms with Crippen LogP contribution in [-0.2, 0) is 4.79 Å². The average molecular weight is 412 g/mol. The summed E-state index contributed by atoms with van der Waals surface area (Å²) in [5.74, 6) is 1.04. The number of nitrogens with one attached hydrogen (secondary N) is 1. The predicted molar refractivity (Wildman–Crippen MR) is 115 cm³/mol. The molecule has 0 unspecified atom stereocenters. The SMILES string of the molecule is CCCN(CC(=O)Nc1ccccc1C)C(=O)c1sc(-c2ccc(C)o2)nc1C. The second-order valence-electron chi connectivity index (χ2n) is 6.93. The molecule has 6 nitrogen and oxygen atoms in total. The minimum atomic E-state index is -0.217. The number of thiazole rings is 1. The van der Waals surface area contributed by atoms with E-state index in [2.05, 4.69) is 10.3 Å². The Hall–Kier alpha value is -2.93. The molecular weight excluding hydrogens is 386 g/mol. The van der Waals surface area contributed by atoms with Crippen LogP contribution in [0.25, 0.3) is 10.8 Å². The quantitative estimate of drug-likeness (QED) is 0.605. The number of amides is 2. The highest BCUT2D eigenvalue weighted by atomic mass is 32.1. The first-order chi connectivity index (χ1) is 13.9. The molecule has 0 saturated carbocycles. The minimum Gasteiger partial charge on any atom is -0.459 e. The zero-order valence-corrected chi connectivity index (χ0v) is 17.9. The molecule has 0 aliphatic rings. The van der Waals surface area contributed by atoms with E-state index in [1.165, 1.54) is 11.3 Å². The van der Waals surface area contributed by atoms with E-state index in [1.54, 1.807) is 11.8 Å². The topological polar surface area (TPSA) is 75.4 Å². The molecule has 0 radical (unpaired) electrons. The Bertz CT molecular complexity index is 1020. The number of furan rings is 1. The molecule has 0 bridgehead atoms. The van der Waals surface area contributed by atoms with E-state index in [0.717, 1.165) is 23.4 Å². The van der Waals surface area contributed by atoms with Crippen LogP contribution in [0.15, 0.2) is 40.8 Å². The number of para-hydroxylation sites is 1. The summed E-state index contributed by atoms with van der Waals surface area (Å²) in [5.41, 5.74) is 2.38. The first kappa shape index (κ1) is 20.8. The maximum absolute atomic E-state index is 13.1. The molecule has 1 aromatic carbocycles. The Morgan fingerprint density at radius 3 is 2.55 bits per heavy atom. The number of hydrogen-bond donors (Lipinski definition) is 1.